The smallest absolute Gasteiger partial charge is 0.124 e. The molecule has 0 heterocycles. The normalized spacial score (nSPS) is 10.5. The minimum absolute atomic E-state index is 0. The van der Waals surface area contributed by atoms with Crippen LogP contribution in [0.15, 0.2) is 54.6 Å². The van der Waals surface area contributed by atoms with Crippen LogP contribution in [-0.4, -0.2) is 32.1 Å². The van der Waals surface area contributed by atoms with Crippen LogP contribution in [0.4, 0.5) is 0 Å². The Balaban J connectivity index is 0.00000210. The number of nitrogens with one attached hydrogen (secondary N) is 1. The van der Waals surface area contributed by atoms with Crippen molar-refractivity contribution in [1.29, 1.82) is 0 Å². The van der Waals surface area contributed by atoms with Crippen LogP contribution in [0, 0.1) is 0 Å². The Kier molecular flexibility index (Phi) is 11.1. The van der Waals surface area contributed by atoms with E-state index in [2.05, 4.69) is 54.6 Å². The Morgan fingerprint density at radius 2 is 1.72 bits per heavy atom. The number of hydrogen-bond acceptors (Lipinski definition) is 3. The number of fused-ring (bicyclic) bond motifs is 1. The number of nitrogens with zero attached hydrogens (tertiary/aromatic N) is 1. The van der Waals surface area contributed by atoms with Crippen molar-refractivity contribution in [2.24, 2.45) is 0 Å². The molecule has 3 rings (SSSR count). The Bertz CT molecular complexity index is 918. The van der Waals surface area contributed by atoms with Gasteiger partial charge in [-0.1, -0.05) is 59.6 Å². The first-order chi connectivity index (χ1) is 13.0. The van der Waals surface area contributed by atoms with E-state index in [1.807, 2.05) is 18.2 Å². The highest BCUT2D eigenvalue weighted by molar-refractivity contribution is 6.35. The van der Waals surface area contributed by atoms with Crippen LogP contribution in [0.5, 0.6) is 5.75 Å². The van der Waals surface area contributed by atoms with E-state index in [0.717, 1.165) is 36.5 Å². The third-order valence-corrected chi connectivity index (χ3v) is 5.02. The summed E-state index contributed by atoms with van der Waals surface area (Å²) >= 11 is 12.3. The monoisotopic (exact) mass is 474 g/mol. The minimum atomic E-state index is 0. The van der Waals surface area contributed by atoms with Gasteiger partial charge in [0.05, 0.1) is 0 Å². The molecule has 0 spiro atoms. The van der Waals surface area contributed by atoms with Crippen molar-refractivity contribution in [3.8, 4) is 5.75 Å². The summed E-state index contributed by atoms with van der Waals surface area (Å²) in [6.07, 6.45) is 0. The summed E-state index contributed by atoms with van der Waals surface area (Å²) in [7, 11) is 4.15. The van der Waals surface area contributed by atoms with E-state index in [0.29, 0.717) is 16.7 Å². The van der Waals surface area contributed by atoms with Gasteiger partial charge in [-0.3, -0.25) is 0 Å². The molecule has 158 valence electrons. The maximum Gasteiger partial charge on any atom is 0.124 e. The van der Waals surface area contributed by atoms with Crippen molar-refractivity contribution in [2.45, 2.75) is 13.2 Å². The van der Waals surface area contributed by atoms with Gasteiger partial charge in [0, 0.05) is 40.8 Å². The van der Waals surface area contributed by atoms with E-state index < -0.39 is 0 Å². The second-order valence-corrected chi connectivity index (χ2v) is 7.61. The van der Waals surface area contributed by atoms with Gasteiger partial charge in [-0.05, 0) is 43.1 Å². The molecule has 3 aromatic rings. The van der Waals surface area contributed by atoms with Crippen molar-refractivity contribution in [1.82, 2.24) is 10.2 Å². The second kappa shape index (κ2) is 12.5. The standard InChI is InChI=1S/C22H24Cl2N2O.2ClH/c1-26(2)12-11-25-14-20-19-6-4-3-5-16(19)8-10-22(20)27-15-17-7-9-18(23)13-21(17)24;;/h3-10,13,25H,11-12,14-15H2,1-2H3;2*1H. The maximum absolute atomic E-state index is 6.28. The van der Waals surface area contributed by atoms with Gasteiger partial charge < -0.3 is 15.0 Å². The number of hydrogen-bond donors (Lipinski definition) is 1. The van der Waals surface area contributed by atoms with Crippen molar-refractivity contribution < 1.29 is 4.74 Å². The molecule has 0 aliphatic heterocycles. The summed E-state index contributed by atoms with van der Waals surface area (Å²) in [6.45, 7) is 3.05. The fourth-order valence-corrected chi connectivity index (χ4v) is 3.41. The van der Waals surface area contributed by atoms with Crippen LogP contribution in [-0.2, 0) is 13.2 Å². The Hall–Kier alpha value is -1.20. The molecule has 0 saturated heterocycles. The van der Waals surface area contributed by atoms with Crippen LogP contribution >= 0.6 is 48.0 Å². The fourth-order valence-electron chi connectivity index (χ4n) is 2.94. The molecule has 0 fully saturated rings. The highest BCUT2D eigenvalue weighted by Gasteiger charge is 2.10. The Morgan fingerprint density at radius 1 is 0.966 bits per heavy atom. The molecule has 0 atom stereocenters. The topological polar surface area (TPSA) is 24.5 Å². The average Bonchev–Trinajstić information content (AvgIpc) is 2.65. The highest BCUT2D eigenvalue weighted by Crippen LogP contribution is 2.30. The second-order valence-electron chi connectivity index (χ2n) is 6.77. The third-order valence-electron chi connectivity index (χ3n) is 4.43. The lowest BCUT2D eigenvalue weighted by Crippen LogP contribution is -2.26. The lowest BCUT2D eigenvalue weighted by atomic mass is 10.0. The zero-order valence-corrected chi connectivity index (χ0v) is 19.6. The van der Waals surface area contributed by atoms with Crippen LogP contribution in [0.2, 0.25) is 10.0 Å². The molecule has 0 unspecified atom stereocenters. The molecule has 0 aliphatic rings. The third kappa shape index (κ3) is 7.21. The molecule has 3 nitrogen and oxygen atoms in total. The van der Waals surface area contributed by atoms with Gasteiger partial charge in [0.15, 0.2) is 0 Å². The summed E-state index contributed by atoms with van der Waals surface area (Å²) in [5.41, 5.74) is 2.08. The summed E-state index contributed by atoms with van der Waals surface area (Å²) in [5, 5.41) is 7.17. The van der Waals surface area contributed by atoms with Gasteiger partial charge in [0.25, 0.3) is 0 Å². The van der Waals surface area contributed by atoms with E-state index in [9.17, 15) is 0 Å². The van der Waals surface area contributed by atoms with Crippen LogP contribution < -0.4 is 10.1 Å². The molecule has 0 aliphatic carbocycles. The van der Waals surface area contributed by atoms with Gasteiger partial charge in [-0.15, -0.1) is 24.8 Å². The van der Waals surface area contributed by atoms with Crippen LogP contribution in [0.3, 0.4) is 0 Å². The van der Waals surface area contributed by atoms with E-state index in [1.54, 1.807) is 6.07 Å². The maximum atomic E-state index is 6.28. The lowest BCUT2D eigenvalue weighted by molar-refractivity contribution is 0.302. The van der Waals surface area contributed by atoms with Gasteiger partial charge in [0.2, 0.25) is 0 Å². The summed E-state index contributed by atoms with van der Waals surface area (Å²) in [6, 6.07) is 18.0. The summed E-state index contributed by atoms with van der Waals surface area (Å²) < 4.78 is 6.15. The molecular formula is C22H26Cl4N2O. The molecule has 0 amide bonds. The molecule has 0 bridgehead atoms. The molecule has 0 aromatic heterocycles. The van der Waals surface area contributed by atoms with Crippen LogP contribution in [0.1, 0.15) is 11.1 Å². The molecule has 3 aromatic carbocycles. The lowest BCUT2D eigenvalue weighted by Gasteiger charge is -2.16. The van der Waals surface area contributed by atoms with Crippen molar-refractivity contribution >= 4 is 58.8 Å². The van der Waals surface area contributed by atoms with Crippen molar-refractivity contribution in [3.05, 3.63) is 75.8 Å². The molecule has 0 saturated carbocycles. The Morgan fingerprint density at radius 3 is 2.45 bits per heavy atom. The molecule has 7 heteroatoms. The fraction of sp³-hybridized carbons (Fsp3) is 0.273. The molecule has 29 heavy (non-hydrogen) atoms. The minimum Gasteiger partial charge on any atom is -0.488 e. The van der Waals surface area contributed by atoms with Crippen molar-refractivity contribution in [2.75, 3.05) is 27.2 Å². The number of ether oxygens (including phenoxy) is 1. The van der Waals surface area contributed by atoms with Gasteiger partial charge in [-0.2, -0.15) is 0 Å². The average molecular weight is 476 g/mol. The van der Waals surface area contributed by atoms with Gasteiger partial charge in [-0.25, -0.2) is 0 Å². The molecular weight excluding hydrogens is 450 g/mol. The summed E-state index contributed by atoms with van der Waals surface area (Å²) in [5.74, 6) is 0.872. The van der Waals surface area contributed by atoms with Gasteiger partial charge >= 0.3 is 0 Å². The zero-order valence-electron chi connectivity index (χ0n) is 16.5. The zero-order chi connectivity index (χ0) is 19.2. The number of halogens is 4. The largest absolute Gasteiger partial charge is 0.488 e. The van der Waals surface area contributed by atoms with E-state index in [1.165, 1.54) is 10.8 Å². The predicted molar refractivity (Wildman–Crippen MR) is 129 cm³/mol. The first kappa shape index (κ1) is 25.8. The van der Waals surface area contributed by atoms with Crippen LogP contribution in [0.25, 0.3) is 10.8 Å². The first-order valence-corrected chi connectivity index (χ1v) is 9.73. The number of rotatable bonds is 8. The Labute approximate surface area is 195 Å². The SMILES string of the molecule is CN(C)CCNCc1c(OCc2ccc(Cl)cc2Cl)ccc2ccccc12.Cl.Cl. The first-order valence-electron chi connectivity index (χ1n) is 8.97. The predicted octanol–water partition coefficient (Wildman–Crippen LogP) is 6.22. The van der Waals surface area contributed by atoms with Crippen molar-refractivity contribution in [3.63, 3.8) is 0 Å². The summed E-state index contributed by atoms with van der Waals surface area (Å²) in [4.78, 5) is 2.16. The van der Waals surface area contributed by atoms with E-state index in [-0.39, 0.29) is 24.8 Å². The number of likely N-dealkylation sites (N-methyl/N-ethyl adjacent to an activating group) is 1. The molecule has 0 radical (unpaired) electrons. The quantitative estimate of drug-likeness (QED) is 0.391. The number of benzene rings is 3. The molecule has 1 N–H and O–H groups in total. The van der Waals surface area contributed by atoms with Gasteiger partial charge in [0.1, 0.15) is 12.4 Å². The van der Waals surface area contributed by atoms with E-state index in [4.69, 9.17) is 27.9 Å². The van der Waals surface area contributed by atoms with E-state index >= 15 is 0 Å². The highest BCUT2D eigenvalue weighted by atomic mass is 35.5.